The summed E-state index contributed by atoms with van der Waals surface area (Å²) in [5.41, 5.74) is 12.8. The van der Waals surface area contributed by atoms with Crippen LogP contribution in [0, 0.1) is 11.8 Å². The van der Waals surface area contributed by atoms with E-state index in [4.69, 9.17) is 25.7 Å². The van der Waals surface area contributed by atoms with Crippen LogP contribution < -0.4 is 16.2 Å². The molecule has 212 valence electrons. The largest absolute Gasteiger partial charge is 0.459 e. The lowest BCUT2D eigenvalue weighted by molar-refractivity contribution is -0.223. The number of benzene rings is 2. The number of rotatable bonds is 13. The molecule has 1 aliphatic rings. The maximum atomic E-state index is 14.8. The molecule has 4 N–H and O–H groups in total. The summed E-state index contributed by atoms with van der Waals surface area (Å²) in [6.07, 6.45) is 6.74. The molecular formula is C30H38F2N2O5. The Hall–Kier alpha value is -3.62. The minimum atomic E-state index is -3.22. The van der Waals surface area contributed by atoms with Crippen LogP contribution in [-0.2, 0) is 14.3 Å². The second kappa shape index (κ2) is 14.5. The SMILES string of the molecule is CCCCCC1CCC(C(F)(F)Oc2ccc(/C=C/C(=O)OCCOC(=O)c3cc(N)cc(N)c3)cc2)CC1. The average molecular weight is 545 g/mol. The van der Waals surface area contributed by atoms with Gasteiger partial charge in [-0.15, -0.1) is 0 Å². The number of hydrogen-bond acceptors (Lipinski definition) is 7. The Morgan fingerprint density at radius 3 is 2.23 bits per heavy atom. The summed E-state index contributed by atoms with van der Waals surface area (Å²) in [7, 11) is 0. The fourth-order valence-corrected chi connectivity index (χ4v) is 4.72. The van der Waals surface area contributed by atoms with Gasteiger partial charge in [0.2, 0.25) is 0 Å². The minimum absolute atomic E-state index is 0.0774. The van der Waals surface area contributed by atoms with Gasteiger partial charge in [-0.3, -0.25) is 0 Å². The lowest BCUT2D eigenvalue weighted by Crippen LogP contribution is -2.37. The molecule has 7 nitrogen and oxygen atoms in total. The highest BCUT2D eigenvalue weighted by Crippen LogP contribution is 2.41. The molecule has 0 saturated heterocycles. The molecule has 0 atom stereocenters. The van der Waals surface area contributed by atoms with Crippen LogP contribution in [0.2, 0.25) is 0 Å². The number of unbranched alkanes of at least 4 members (excludes halogenated alkanes) is 2. The molecule has 1 aliphatic carbocycles. The summed E-state index contributed by atoms with van der Waals surface area (Å²) in [5.74, 6) is -1.43. The van der Waals surface area contributed by atoms with E-state index < -0.39 is 24.0 Å². The summed E-state index contributed by atoms with van der Waals surface area (Å²) in [6.45, 7) is 1.88. The molecule has 2 aromatic rings. The van der Waals surface area contributed by atoms with Crippen molar-refractivity contribution in [1.29, 1.82) is 0 Å². The molecular weight excluding hydrogens is 506 g/mol. The third kappa shape index (κ3) is 9.89. The van der Waals surface area contributed by atoms with Gasteiger partial charge in [0.25, 0.3) is 0 Å². The number of hydrogen-bond donors (Lipinski definition) is 2. The van der Waals surface area contributed by atoms with Gasteiger partial charge in [-0.1, -0.05) is 44.7 Å². The number of carbonyl (C=O) groups excluding carboxylic acids is 2. The highest BCUT2D eigenvalue weighted by molar-refractivity contribution is 5.91. The van der Waals surface area contributed by atoms with Crippen molar-refractivity contribution in [3.63, 3.8) is 0 Å². The number of nitrogens with two attached hydrogens (primary N) is 2. The van der Waals surface area contributed by atoms with Crippen LogP contribution in [-0.4, -0.2) is 31.3 Å². The van der Waals surface area contributed by atoms with Gasteiger partial charge in [0.1, 0.15) is 19.0 Å². The predicted molar refractivity (Wildman–Crippen MR) is 147 cm³/mol. The highest BCUT2D eigenvalue weighted by atomic mass is 19.3. The standard InChI is InChI=1S/C30H38F2N2O5/c1-2-3-4-5-21-6-11-24(12-7-21)30(31,32)39-27-13-8-22(9-14-27)10-15-28(35)37-16-17-38-29(36)23-18-25(33)20-26(34)19-23/h8-10,13-15,18-21,24H,2-7,11-12,16-17,33-34H2,1H3/b15-10+. The molecule has 0 bridgehead atoms. The van der Waals surface area contributed by atoms with Gasteiger partial charge in [-0.25, -0.2) is 9.59 Å². The van der Waals surface area contributed by atoms with E-state index in [9.17, 15) is 18.4 Å². The molecule has 2 aromatic carbocycles. The van der Waals surface area contributed by atoms with Crippen molar-refractivity contribution < 1.29 is 32.6 Å². The molecule has 1 saturated carbocycles. The Labute approximate surface area is 228 Å². The molecule has 0 aromatic heterocycles. The quantitative estimate of drug-likeness (QED) is 0.126. The third-order valence-corrected chi connectivity index (χ3v) is 6.86. The Kier molecular flexibility index (Phi) is 11.1. The number of anilines is 2. The van der Waals surface area contributed by atoms with Gasteiger partial charge in [0.05, 0.1) is 11.5 Å². The maximum absolute atomic E-state index is 14.8. The van der Waals surface area contributed by atoms with Crippen molar-refractivity contribution in [3.05, 3.63) is 59.7 Å². The van der Waals surface area contributed by atoms with Crippen LogP contribution in [0.1, 0.15) is 74.2 Å². The third-order valence-electron chi connectivity index (χ3n) is 6.86. The van der Waals surface area contributed by atoms with E-state index in [0.29, 0.717) is 35.7 Å². The summed E-state index contributed by atoms with van der Waals surface area (Å²) < 4.78 is 44.7. The summed E-state index contributed by atoms with van der Waals surface area (Å²) in [6, 6.07) is 10.5. The van der Waals surface area contributed by atoms with Crippen LogP contribution in [0.4, 0.5) is 20.2 Å². The molecule has 9 heteroatoms. The van der Waals surface area contributed by atoms with E-state index in [1.807, 2.05) is 0 Å². The summed E-state index contributed by atoms with van der Waals surface area (Å²) in [5, 5.41) is 0. The first-order valence-electron chi connectivity index (χ1n) is 13.5. The zero-order chi connectivity index (χ0) is 28.3. The first-order chi connectivity index (χ1) is 18.7. The number of carbonyl (C=O) groups is 2. The topological polar surface area (TPSA) is 114 Å². The van der Waals surface area contributed by atoms with Gasteiger partial charge < -0.3 is 25.7 Å². The molecule has 0 heterocycles. The van der Waals surface area contributed by atoms with E-state index in [-0.39, 0.29) is 24.5 Å². The molecule has 0 unspecified atom stereocenters. The van der Waals surface area contributed by atoms with Gasteiger partial charge in [0.15, 0.2) is 0 Å². The normalized spacial score (nSPS) is 17.6. The predicted octanol–water partition coefficient (Wildman–Crippen LogP) is 6.62. The van der Waals surface area contributed by atoms with Crippen LogP contribution in [0.15, 0.2) is 48.5 Å². The Morgan fingerprint density at radius 1 is 0.949 bits per heavy atom. The van der Waals surface area contributed by atoms with Crippen molar-refractivity contribution in [1.82, 2.24) is 0 Å². The fraction of sp³-hybridized carbons (Fsp3) is 0.467. The van der Waals surface area contributed by atoms with Crippen molar-refractivity contribution in [3.8, 4) is 5.75 Å². The molecule has 39 heavy (non-hydrogen) atoms. The maximum Gasteiger partial charge on any atom is 0.400 e. The first kappa shape index (κ1) is 29.9. The number of esters is 2. The molecule has 0 aliphatic heterocycles. The van der Waals surface area contributed by atoms with E-state index >= 15 is 0 Å². The monoisotopic (exact) mass is 544 g/mol. The lowest BCUT2D eigenvalue weighted by Gasteiger charge is -2.33. The fourth-order valence-electron chi connectivity index (χ4n) is 4.72. The lowest BCUT2D eigenvalue weighted by atomic mass is 9.79. The number of halogens is 2. The van der Waals surface area contributed by atoms with Crippen LogP contribution in [0.5, 0.6) is 5.75 Å². The summed E-state index contributed by atoms with van der Waals surface area (Å²) in [4.78, 5) is 24.0. The number of alkyl halides is 2. The number of ether oxygens (including phenoxy) is 3. The highest BCUT2D eigenvalue weighted by Gasteiger charge is 2.43. The second-order valence-corrected chi connectivity index (χ2v) is 9.97. The van der Waals surface area contributed by atoms with E-state index in [1.165, 1.54) is 61.7 Å². The Morgan fingerprint density at radius 2 is 1.59 bits per heavy atom. The van der Waals surface area contributed by atoms with Crippen molar-refractivity contribution in [2.75, 3.05) is 24.7 Å². The van der Waals surface area contributed by atoms with Crippen LogP contribution in [0.25, 0.3) is 6.08 Å². The molecule has 0 spiro atoms. The van der Waals surface area contributed by atoms with Gasteiger partial charge in [0, 0.05) is 17.5 Å². The second-order valence-electron chi connectivity index (χ2n) is 9.97. The minimum Gasteiger partial charge on any atom is -0.459 e. The molecule has 1 fully saturated rings. The van der Waals surface area contributed by atoms with Crippen molar-refractivity contribution in [2.24, 2.45) is 11.8 Å². The number of nitrogen functional groups attached to an aromatic ring is 2. The average Bonchev–Trinajstić information content (AvgIpc) is 2.90. The van der Waals surface area contributed by atoms with Crippen molar-refractivity contribution >= 4 is 29.4 Å². The van der Waals surface area contributed by atoms with E-state index in [0.717, 1.165) is 19.3 Å². The smallest absolute Gasteiger partial charge is 0.400 e. The van der Waals surface area contributed by atoms with Crippen LogP contribution >= 0.6 is 0 Å². The summed E-state index contributed by atoms with van der Waals surface area (Å²) >= 11 is 0. The Bertz CT molecular complexity index is 1090. The van der Waals surface area contributed by atoms with Gasteiger partial charge in [-0.2, -0.15) is 8.78 Å². The first-order valence-corrected chi connectivity index (χ1v) is 13.5. The van der Waals surface area contributed by atoms with Crippen LogP contribution in [0.3, 0.4) is 0 Å². The molecule has 0 radical (unpaired) electrons. The Balaban J connectivity index is 1.38. The zero-order valence-electron chi connectivity index (χ0n) is 22.4. The zero-order valence-corrected chi connectivity index (χ0v) is 22.4. The van der Waals surface area contributed by atoms with E-state index in [1.54, 1.807) is 12.1 Å². The van der Waals surface area contributed by atoms with Gasteiger partial charge >= 0.3 is 18.0 Å². The van der Waals surface area contributed by atoms with Crippen molar-refractivity contribution in [2.45, 2.75) is 64.4 Å². The molecule has 0 amide bonds. The van der Waals surface area contributed by atoms with Gasteiger partial charge in [-0.05, 0) is 73.6 Å². The van der Waals surface area contributed by atoms with E-state index in [2.05, 4.69) is 6.92 Å². The molecule has 3 rings (SSSR count).